The first-order valence-corrected chi connectivity index (χ1v) is 10.3. The fraction of sp³-hybridized carbons (Fsp3) is 0.619. The van der Waals surface area contributed by atoms with E-state index in [2.05, 4.69) is 19.9 Å². The minimum atomic E-state index is -0.221. The number of morpholine rings is 1. The molecule has 1 saturated carbocycles. The van der Waals surface area contributed by atoms with Gasteiger partial charge in [-0.1, -0.05) is 5.16 Å². The van der Waals surface area contributed by atoms with Crippen molar-refractivity contribution in [3.63, 3.8) is 0 Å². The molecule has 4 atom stereocenters. The summed E-state index contributed by atoms with van der Waals surface area (Å²) in [6, 6.07) is 6.20. The zero-order valence-corrected chi connectivity index (χ0v) is 16.1. The van der Waals surface area contributed by atoms with Gasteiger partial charge in [0.05, 0.1) is 25.9 Å². The van der Waals surface area contributed by atoms with E-state index in [1.807, 2.05) is 18.2 Å². The van der Waals surface area contributed by atoms with E-state index in [4.69, 9.17) is 9.26 Å². The number of rotatable bonds is 4. The Bertz CT molecular complexity index is 777. The van der Waals surface area contributed by atoms with Crippen LogP contribution in [0.2, 0.25) is 0 Å². The van der Waals surface area contributed by atoms with Crippen molar-refractivity contribution in [2.45, 2.75) is 31.5 Å². The molecule has 3 fully saturated rings. The van der Waals surface area contributed by atoms with Gasteiger partial charge in [0, 0.05) is 56.2 Å². The second-order valence-corrected chi connectivity index (χ2v) is 8.39. The Morgan fingerprint density at radius 2 is 1.96 bits per heavy atom. The Labute approximate surface area is 165 Å². The number of ether oxygens (including phenoxy) is 1. The normalized spacial score (nSPS) is 31.8. The van der Waals surface area contributed by atoms with Gasteiger partial charge in [0.1, 0.15) is 5.69 Å². The summed E-state index contributed by atoms with van der Waals surface area (Å²) in [6.07, 6.45) is 5.33. The molecule has 3 aliphatic rings. The molecule has 1 N–H and O–H groups in total. The summed E-state index contributed by atoms with van der Waals surface area (Å²) in [6.45, 7) is 6.33. The van der Waals surface area contributed by atoms with Crippen LogP contribution in [0.1, 0.15) is 18.6 Å². The van der Waals surface area contributed by atoms with Crippen LogP contribution in [0.25, 0.3) is 11.3 Å². The number of hydrogen-bond acceptors (Lipinski definition) is 7. The maximum Gasteiger partial charge on any atom is 0.151 e. The zero-order valence-electron chi connectivity index (χ0n) is 16.1. The van der Waals surface area contributed by atoms with Crippen molar-refractivity contribution < 1.29 is 14.4 Å². The molecule has 0 unspecified atom stereocenters. The van der Waals surface area contributed by atoms with Gasteiger partial charge < -0.3 is 14.4 Å². The average Bonchev–Trinajstić information content (AvgIpc) is 3.35. The van der Waals surface area contributed by atoms with Gasteiger partial charge in [-0.15, -0.1) is 0 Å². The monoisotopic (exact) mass is 384 g/mol. The van der Waals surface area contributed by atoms with Crippen molar-refractivity contribution in [3.8, 4) is 11.3 Å². The van der Waals surface area contributed by atoms with Gasteiger partial charge >= 0.3 is 0 Å². The van der Waals surface area contributed by atoms with Gasteiger partial charge in [-0.25, -0.2) is 0 Å². The third kappa shape index (κ3) is 3.72. The highest BCUT2D eigenvalue weighted by Gasteiger charge is 2.43. The van der Waals surface area contributed by atoms with Gasteiger partial charge in [-0.3, -0.25) is 14.8 Å². The number of nitrogens with zero attached hydrogens (tertiary/aromatic N) is 4. The van der Waals surface area contributed by atoms with Crippen LogP contribution < -0.4 is 0 Å². The predicted molar refractivity (Wildman–Crippen MR) is 103 cm³/mol. The van der Waals surface area contributed by atoms with Crippen LogP contribution >= 0.6 is 0 Å². The third-order valence-corrected chi connectivity index (χ3v) is 6.60. The van der Waals surface area contributed by atoms with Gasteiger partial charge in [0.25, 0.3) is 0 Å². The summed E-state index contributed by atoms with van der Waals surface area (Å²) in [5.74, 6) is 2.12. The van der Waals surface area contributed by atoms with Gasteiger partial charge in [-0.2, -0.15) is 0 Å². The summed E-state index contributed by atoms with van der Waals surface area (Å²) in [7, 11) is 0. The van der Waals surface area contributed by atoms with Crippen LogP contribution in [0.5, 0.6) is 0 Å². The van der Waals surface area contributed by atoms with Crippen LogP contribution in [0.3, 0.4) is 0 Å². The summed E-state index contributed by atoms with van der Waals surface area (Å²) >= 11 is 0. The first kappa shape index (κ1) is 18.2. The average molecular weight is 384 g/mol. The van der Waals surface area contributed by atoms with E-state index in [-0.39, 0.29) is 12.1 Å². The van der Waals surface area contributed by atoms with Crippen molar-refractivity contribution in [2.75, 3.05) is 39.4 Å². The minimum absolute atomic E-state index is 0.221. The molecule has 7 nitrogen and oxygen atoms in total. The first-order valence-electron chi connectivity index (χ1n) is 10.3. The molecule has 4 heterocycles. The Kier molecular flexibility index (Phi) is 5.15. The van der Waals surface area contributed by atoms with Crippen molar-refractivity contribution in [1.29, 1.82) is 0 Å². The van der Waals surface area contributed by atoms with Crippen LogP contribution in [0.15, 0.2) is 35.1 Å². The summed E-state index contributed by atoms with van der Waals surface area (Å²) in [4.78, 5) is 9.04. The number of aromatic nitrogens is 2. The minimum Gasteiger partial charge on any atom is -0.391 e. The van der Waals surface area contributed by atoms with Gasteiger partial charge in [0.2, 0.25) is 0 Å². The van der Waals surface area contributed by atoms with Crippen LogP contribution in [-0.4, -0.2) is 76.6 Å². The molecule has 7 heteroatoms. The smallest absolute Gasteiger partial charge is 0.151 e. The molecule has 0 spiro atoms. The van der Waals surface area contributed by atoms with Gasteiger partial charge in [0.15, 0.2) is 5.76 Å². The van der Waals surface area contributed by atoms with Crippen molar-refractivity contribution in [2.24, 2.45) is 11.8 Å². The van der Waals surface area contributed by atoms with Gasteiger partial charge in [-0.05, 0) is 36.8 Å². The lowest BCUT2D eigenvalue weighted by Crippen LogP contribution is -2.53. The van der Waals surface area contributed by atoms with Crippen molar-refractivity contribution >= 4 is 0 Å². The second-order valence-electron chi connectivity index (χ2n) is 8.39. The highest BCUT2D eigenvalue weighted by molar-refractivity contribution is 5.57. The number of likely N-dealkylation sites (tertiary alicyclic amines) is 1. The largest absolute Gasteiger partial charge is 0.391 e. The lowest BCUT2D eigenvalue weighted by molar-refractivity contribution is -0.0520. The SMILES string of the molecule is O[C@@H]1C[C@H]2CN(Cc3cc(-c4cccnc4)no3)C[C@H]2C[C@H]1N1CCOCC1. The molecule has 0 amide bonds. The molecule has 28 heavy (non-hydrogen) atoms. The van der Waals surface area contributed by atoms with E-state index in [1.165, 1.54) is 0 Å². The summed E-state index contributed by atoms with van der Waals surface area (Å²) in [5, 5.41) is 14.9. The molecule has 0 radical (unpaired) electrons. The number of aliphatic hydroxyl groups excluding tert-OH is 1. The van der Waals surface area contributed by atoms with Crippen molar-refractivity contribution in [1.82, 2.24) is 19.9 Å². The quantitative estimate of drug-likeness (QED) is 0.859. The highest BCUT2D eigenvalue weighted by atomic mass is 16.5. The molecule has 2 saturated heterocycles. The van der Waals surface area contributed by atoms with E-state index < -0.39 is 0 Å². The van der Waals surface area contributed by atoms with E-state index >= 15 is 0 Å². The summed E-state index contributed by atoms with van der Waals surface area (Å²) < 4.78 is 11.1. The molecule has 5 rings (SSSR count). The zero-order chi connectivity index (χ0) is 18.9. The molecular formula is C21H28N4O3. The van der Waals surface area contributed by atoms with E-state index in [0.29, 0.717) is 11.8 Å². The van der Waals surface area contributed by atoms with E-state index in [0.717, 1.165) is 75.8 Å². The summed E-state index contributed by atoms with van der Waals surface area (Å²) in [5.41, 5.74) is 1.81. The maximum absolute atomic E-state index is 10.7. The molecule has 1 aliphatic carbocycles. The molecule has 2 aromatic rings. The van der Waals surface area contributed by atoms with E-state index in [1.54, 1.807) is 12.4 Å². The number of fused-ring (bicyclic) bond motifs is 1. The number of pyridine rings is 1. The maximum atomic E-state index is 10.7. The molecule has 0 aromatic carbocycles. The standard InChI is InChI=1S/C21H28N4O3/c26-21-9-17-13-24(12-16(17)8-20(21)25-4-6-27-7-5-25)14-18-10-19(23-28-18)15-2-1-3-22-11-15/h1-3,10-11,16-17,20-21,26H,4-9,12-14H2/t16-,17+,20-,21-/m1/s1. The molecule has 150 valence electrons. The fourth-order valence-electron chi connectivity index (χ4n) is 5.19. The Morgan fingerprint density at radius 1 is 1.14 bits per heavy atom. The molecule has 2 aliphatic heterocycles. The van der Waals surface area contributed by atoms with Crippen molar-refractivity contribution in [3.05, 3.63) is 36.4 Å². The number of aliphatic hydroxyl groups is 1. The van der Waals surface area contributed by atoms with E-state index in [9.17, 15) is 5.11 Å². The number of hydrogen-bond donors (Lipinski definition) is 1. The Morgan fingerprint density at radius 3 is 2.75 bits per heavy atom. The lowest BCUT2D eigenvalue weighted by atomic mass is 9.77. The first-order chi connectivity index (χ1) is 13.8. The Balaban J connectivity index is 1.21. The molecule has 2 aromatic heterocycles. The van der Waals surface area contributed by atoms with Crippen LogP contribution in [0, 0.1) is 11.8 Å². The topological polar surface area (TPSA) is 74.9 Å². The van der Waals surface area contributed by atoms with Crippen LogP contribution in [-0.2, 0) is 11.3 Å². The lowest BCUT2D eigenvalue weighted by Gasteiger charge is -2.43. The van der Waals surface area contributed by atoms with Crippen LogP contribution in [0.4, 0.5) is 0 Å². The highest BCUT2D eigenvalue weighted by Crippen LogP contribution is 2.39. The Hall–Kier alpha value is -1.80. The molecule has 0 bridgehead atoms. The third-order valence-electron chi connectivity index (χ3n) is 6.60. The molecular weight excluding hydrogens is 356 g/mol. The second kappa shape index (κ2) is 7.91. The fourth-order valence-corrected chi connectivity index (χ4v) is 5.19. The predicted octanol–water partition coefficient (Wildman–Crippen LogP) is 1.64.